The Hall–Kier alpha value is -1.57. The van der Waals surface area contributed by atoms with Gasteiger partial charge < -0.3 is 9.73 Å². The van der Waals surface area contributed by atoms with Crippen LogP contribution >= 0.6 is 39.7 Å². The number of anilines is 1. The molecule has 0 atom stereocenters. The molecule has 1 amide bonds. The van der Waals surface area contributed by atoms with Gasteiger partial charge in [0.05, 0.1) is 22.5 Å². The van der Waals surface area contributed by atoms with Crippen molar-refractivity contribution in [3.63, 3.8) is 0 Å². The summed E-state index contributed by atoms with van der Waals surface area (Å²) in [5, 5.41) is 3.60. The van der Waals surface area contributed by atoms with Crippen LogP contribution in [0.2, 0.25) is 5.02 Å². The number of hydrogen-bond acceptors (Lipinski definition) is 3. The van der Waals surface area contributed by atoms with Gasteiger partial charge in [-0.2, -0.15) is 0 Å². The summed E-state index contributed by atoms with van der Waals surface area (Å²) in [7, 11) is 0. The summed E-state index contributed by atoms with van der Waals surface area (Å²) >= 11 is 14.5. The van der Waals surface area contributed by atoms with Gasteiger partial charge in [-0.15, -0.1) is 0 Å². The Bertz CT molecular complexity index is 690. The smallest absolute Gasteiger partial charge is 0.273 e. The predicted octanol–water partition coefficient (Wildman–Crippen LogP) is 3.64. The molecule has 5 nitrogen and oxygen atoms in total. The molecule has 0 unspecified atom stereocenters. The van der Waals surface area contributed by atoms with E-state index in [-0.39, 0.29) is 11.0 Å². The molecule has 21 heavy (non-hydrogen) atoms. The minimum absolute atomic E-state index is 0.216. The largest absolute Gasteiger partial charge is 0.469 e. The summed E-state index contributed by atoms with van der Waals surface area (Å²) < 4.78 is 5.92. The summed E-state index contributed by atoms with van der Waals surface area (Å²) in [5.74, 6) is 0.191. The van der Waals surface area contributed by atoms with E-state index >= 15 is 0 Å². The highest BCUT2D eigenvalue weighted by Crippen LogP contribution is 2.25. The van der Waals surface area contributed by atoms with Gasteiger partial charge in [-0.05, 0) is 43.4 Å². The molecule has 0 aliphatic rings. The number of carbonyl (C=O) groups is 1. The van der Waals surface area contributed by atoms with E-state index in [4.69, 9.17) is 28.2 Å². The summed E-state index contributed by atoms with van der Waals surface area (Å²) in [6.07, 6.45) is 1.45. The van der Waals surface area contributed by atoms with Crippen molar-refractivity contribution in [2.45, 2.75) is 6.92 Å². The quantitative estimate of drug-likeness (QED) is 0.541. The molecule has 110 valence electrons. The fourth-order valence-corrected chi connectivity index (χ4v) is 2.43. The molecule has 0 spiro atoms. The van der Waals surface area contributed by atoms with Gasteiger partial charge in [0.2, 0.25) is 0 Å². The second kappa shape index (κ2) is 6.93. The molecule has 0 fully saturated rings. The first-order chi connectivity index (χ1) is 9.97. The molecular weight excluding hydrogens is 378 g/mol. The fraction of sp³-hybridized carbons (Fsp3) is 0.0769. The number of amides is 1. The molecule has 0 saturated heterocycles. The Morgan fingerprint density at radius 1 is 1.33 bits per heavy atom. The van der Waals surface area contributed by atoms with Crippen LogP contribution in [0.1, 0.15) is 16.1 Å². The number of aryl methyl sites for hydroxylation is 1. The highest BCUT2D eigenvalue weighted by Gasteiger charge is 2.11. The minimum atomic E-state index is -0.340. The molecular formula is C13H11BrClN3O2S. The van der Waals surface area contributed by atoms with E-state index in [1.165, 1.54) is 6.26 Å². The maximum Gasteiger partial charge on any atom is 0.273 e. The number of furan rings is 1. The van der Waals surface area contributed by atoms with Gasteiger partial charge in [0.1, 0.15) is 5.76 Å². The number of rotatable bonds is 2. The molecule has 1 heterocycles. The molecule has 8 heteroatoms. The number of nitrogens with one attached hydrogen (secondary N) is 3. The number of carbonyl (C=O) groups excluding carboxylic acids is 1. The molecule has 0 bridgehead atoms. The maximum atomic E-state index is 11.8. The van der Waals surface area contributed by atoms with E-state index < -0.39 is 0 Å². The standard InChI is InChI=1S/C13H11BrClN3O2S/c1-7-9(4-5-20-7)12(19)17-18-13(21)16-11-3-2-8(14)6-10(11)15/h2-6H,1H3,(H,17,19)(H2,16,18,21). The monoisotopic (exact) mass is 387 g/mol. The van der Waals surface area contributed by atoms with Crippen LogP contribution in [0.4, 0.5) is 5.69 Å². The minimum Gasteiger partial charge on any atom is -0.469 e. The normalized spacial score (nSPS) is 10.0. The topological polar surface area (TPSA) is 66.3 Å². The predicted molar refractivity (Wildman–Crippen MR) is 89.4 cm³/mol. The van der Waals surface area contributed by atoms with Gasteiger partial charge >= 0.3 is 0 Å². The maximum absolute atomic E-state index is 11.8. The van der Waals surface area contributed by atoms with Gasteiger partial charge in [-0.25, -0.2) is 0 Å². The third kappa shape index (κ3) is 4.20. The van der Waals surface area contributed by atoms with Gasteiger partial charge in [0.25, 0.3) is 5.91 Å². The molecule has 0 radical (unpaired) electrons. The first-order valence-electron chi connectivity index (χ1n) is 5.84. The molecule has 1 aromatic heterocycles. The summed E-state index contributed by atoms with van der Waals surface area (Å²) in [6.45, 7) is 1.70. The Morgan fingerprint density at radius 3 is 2.71 bits per heavy atom. The average molecular weight is 389 g/mol. The van der Waals surface area contributed by atoms with E-state index in [0.717, 1.165) is 4.47 Å². The van der Waals surface area contributed by atoms with Crippen molar-refractivity contribution in [2.24, 2.45) is 0 Å². The Labute approximate surface area is 140 Å². The Morgan fingerprint density at radius 2 is 2.10 bits per heavy atom. The average Bonchev–Trinajstić information content (AvgIpc) is 2.85. The van der Waals surface area contributed by atoms with Crippen LogP contribution in [0.3, 0.4) is 0 Å². The summed E-state index contributed by atoms with van der Waals surface area (Å²) in [6, 6.07) is 6.90. The zero-order chi connectivity index (χ0) is 15.4. The SMILES string of the molecule is Cc1occc1C(=O)NNC(=S)Nc1ccc(Br)cc1Cl. The van der Waals surface area contributed by atoms with Crippen LogP contribution in [0, 0.1) is 6.92 Å². The van der Waals surface area contributed by atoms with Crippen LogP contribution in [0.15, 0.2) is 39.4 Å². The van der Waals surface area contributed by atoms with Crippen molar-refractivity contribution in [1.82, 2.24) is 10.9 Å². The Balaban J connectivity index is 1.90. The van der Waals surface area contributed by atoms with Gasteiger partial charge in [-0.3, -0.25) is 15.6 Å². The second-order valence-corrected chi connectivity index (χ2v) is 5.78. The van der Waals surface area contributed by atoms with Crippen molar-refractivity contribution >= 4 is 56.5 Å². The first-order valence-corrected chi connectivity index (χ1v) is 7.42. The third-order valence-corrected chi connectivity index (χ3v) is 3.58. The van der Waals surface area contributed by atoms with Crippen molar-refractivity contribution in [1.29, 1.82) is 0 Å². The molecule has 0 aliphatic heterocycles. The summed E-state index contributed by atoms with van der Waals surface area (Å²) in [4.78, 5) is 11.8. The highest BCUT2D eigenvalue weighted by atomic mass is 79.9. The van der Waals surface area contributed by atoms with E-state index in [2.05, 4.69) is 32.1 Å². The highest BCUT2D eigenvalue weighted by molar-refractivity contribution is 9.10. The zero-order valence-electron chi connectivity index (χ0n) is 10.9. The fourth-order valence-electron chi connectivity index (χ4n) is 1.55. The van der Waals surface area contributed by atoms with Gasteiger partial charge in [-0.1, -0.05) is 27.5 Å². The van der Waals surface area contributed by atoms with E-state index in [9.17, 15) is 4.79 Å². The number of halogens is 2. The van der Waals surface area contributed by atoms with Crippen LogP contribution in [0.25, 0.3) is 0 Å². The van der Waals surface area contributed by atoms with Crippen molar-refractivity contribution in [3.8, 4) is 0 Å². The van der Waals surface area contributed by atoms with E-state index in [1.807, 2.05) is 6.07 Å². The van der Waals surface area contributed by atoms with Gasteiger partial charge in [0.15, 0.2) is 5.11 Å². The summed E-state index contributed by atoms with van der Waals surface area (Å²) in [5.41, 5.74) is 6.14. The van der Waals surface area contributed by atoms with Crippen LogP contribution in [0.5, 0.6) is 0 Å². The van der Waals surface area contributed by atoms with Crippen molar-refractivity contribution in [3.05, 3.63) is 51.3 Å². The molecule has 0 saturated carbocycles. The number of hydrogen-bond donors (Lipinski definition) is 3. The van der Waals surface area contributed by atoms with E-state index in [0.29, 0.717) is 22.0 Å². The number of thiocarbonyl (C=S) groups is 1. The van der Waals surface area contributed by atoms with E-state index in [1.54, 1.807) is 25.1 Å². The zero-order valence-corrected chi connectivity index (χ0v) is 14.0. The third-order valence-electron chi connectivity index (χ3n) is 2.57. The van der Waals surface area contributed by atoms with Crippen molar-refractivity contribution in [2.75, 3.05) is 5.32 Å². The van der Waals surface area contributed by atoms with Crippen LogP contribution in [-0.4, -0.2) is 11.0 Å². The molecule has 2 aromatic rings. The lowest BCUT2D eigenvalue weighted by atomic mass is 10.2. The molecule has 3 N–H and O–H groups in total. The second-order valence-electron chi connectivity index (χ2n) is 4.05. The molecule has 2 rings (SSSR count). The van der Waals surface area contributed by atoms with Crippen LogP contribution in [-0.2, 0) is 0 Å². The van der Waals surface area contributed by atoms with Gasteiger partial charge in [0, 0.05) is 4.47 Å². The lowest BCUT2D eigenvalue weighted by molar-refractivity contribution is 0.0942. The first kappa shape index (κ1) is 15.8. The number of hydrazine groups is 1. The lowest BCUT2D eigenvalue weighted by Crippen LogP contribution is -2.43. The lowest BCUT2D eigenvalue weighted by Gasteiger charge is -2.12. The molecule has 1 aromatic carbocycles. The van der Waals surface area contributed by atoms with Crippen molar-refractivity contribution < 1.29 is 9.21 Å². The molecule has 0 aliphatic carbocycles. The van der Waals surface area contributed by atoms with Crippen LogP contribution < -0.4 is 16.2 Å². The number of benzene rings is 1. The Kier molecular flexibility index (Phi) is 5.22.